The number of hydrogen-bond acceptors (Lipinski definition) is 6. The van der Waals surface area contributed by atoms with Crippen LogP contribution in [0.3, 0.4) is 0 Å². The Morgan fingerprint density at radius 3 is 2.64 bits per heavy atom. The summed E-state index contributed by atoms with van der Waals surface area (Å²) in [7, 11) is 0. The van der Waals surface area contributed by atoms with Crippen LogP contribution in [-0.2, 0) is 11.2 Å². The Hall–Kier alpha value is -2.57. The monoisotopic (exact) mass is 392 g/mol. The standard InChI is InChI=1S/C22H24N4OS/c1-17-3-2-4-20(13-17)25-9-11-26(12-10-25)21(15-27)14-19-16-28-22(24-19)18-5-7-23-8-6-18/h2-8,13,15-16,21H,9-12,14H2,1H3. The molecule has 3 heterocycles. The van der Waals surface area contributed by atoms with Crippen LogP contribution in [0.2, 0.25) is 0 Å². The number of nitrogens with zero attached hydrogens (tertiary/aromatic N) is 4. The predicted molar refractivity (Wildman–Crippen MR) is 114 cm³/mol. The first-order valence-corrected chi connectivity index (χ1v) is 10.5. The predicted octanol–water partition coefficient (Wildman–Crippen LogP) is 3.45. The van der Waals surface area contributed by atoms with E-state index in [0.29, 0.717) is 6.42 Å². The Kier molecular flexibility index (Phi) is 5.78. The number of pyridine rings is 1. The molecule has 1 aromatic carbocycles. The second kappa shape index (κ2) is 8.63. The van der Waals surface area contributed by atoms with Crippen molar-refractivity contribution < 1.29 is 4.79 Å². The Bertz CT molecular complexity index is 919. The summed E-state index contributed by atoms with van der Waals surface area (Å²) in [5.74, 6) is 0. The van der Waals surface area contributed by atoms with Gasteiger partial charge in [-0.05, 0) is 36.8 Å². The Labute approximate surface area is 169 Å². The highest BCUT2D eigenvalue weighted by molar-refractivity contribution is 7.13. The molecule has 0 amide bonds. The number of carbonyl (C=O) groups is 1. The van der Waals surface area contributed by atoms with Gasteiger partial charge in [0.25, 0.3) is 0 Å². The Morgan fingerprint density at radius 2 is 1.93 bits per heavy atom. The fourth-order valence-corrected chi connectivity index (χ4v) is 4.48. The molecule has 1 atom stereocenters. The first-order chi connectivity index (χ1) is 13.7. The van der Waals surface area contributed by atoms with Crippen LogP contribution in [-0.4, -0.2) is 53.4 Å². The van der Waals surface area contributed by atoms with Crippen molar-refractivity contribution in [1.82, 2.24) is 14.9 Å². The molecule has 6 heteroatoms. The van der Waals surface area contributed by atoms with Gasteiger partial charge < -0.3 is 9.69 Å². The molecule has 0 radical (unpaired) electrons. The van der Waals surface area contributed by atoms with E-state index in [-0.39, 0.29) is 6.04 Å². The molecule has 2 aromatic heterocycles. The summed E-state index contributed by atoms with van der Waals surface area (Å²) in [6, 6.07) is 12.4. The van der Waals surface area contributed by atoms with Gasteiger partial charge in [0.05, 0.1) is 11.7 Å². The first-order valence-electron chi connectivity index (χ1n) is 9.59. The molecule has 0 aliphatic carbocycles. The van der Waals surface area contributed by atoms with Gasteiger partial charge >= 0.3 is 0 Å². The van der Waals surface area contributed by atoms with E-state index in [9.17, 15) is 4.79 Å². The molecule has 1 aliphatic heterocycles. The van der Waals surface area contributed by atoms with E-state index < -0.39 is 0 Å². The van der Waals surface area contributed by atoms with Crippen LogP contribution >= 0.6 is 11.3 Å². The molecule has 1 fully saturated rings. The lowest BCUT2D eigenvalue weighted by Crippen LogP contribution is -2.51. The minimum atomic E-state index is -0.118. The van der Waals surface area contributed by atoms with Gasteiger partial charge in [-0.3, -0.25) is 9.88 Å². The molecule has 1 saturated heterocycles. The van der Waals surface area contributed by atoms with Gasteiger partial charge in [0.2, 0.25) is 0 Å². The van der Waals surface area contributed by atoms with Gasteiger partial charge in [0, 0.05) is 61.6 Å². The van der Waals surface area contributed by atoms with Crippen molar-refractivity contribution in [3.8, 4) is 10.6 Å². The molecular formula is C22H24N4OS. The fraction of sp³-hybridized carbons (Fsp3) is 0.318. The third-order valence-corrected chi connectivity index (χ3v) is 6.14. The summed E-state index contributed by atoms with van der Waals surface area (Å²) < 4.78 is 0. The molecule has 5 nitrogen and oxygen atoms in total. The molecule has 1 unspecified atom stereocenters. The fourth-order valence-electron chi connectivity index (χ4n) is 3.64. The van der Waals surface area contributed by atoms with Crippen molar-refractivity contribution in [2.24, 2.45) is 0 Å². The summed E-state index contributed by atoms with van der Waals surface area (Å²) in [6.07, 6.45) is 5.29. The largest absolute Gasteiger partial charge is 0.369 e. The van der Waals surface area contributed by atoms with Crippen molar-refractivity contribution in [2.75, 3.05) is 31.1 Å². The molecule has 0 spiro atoms. The maximum atomic E-state index is 11.8. The first kappa shape index (κ1) is 18.8. The lowest BCUT2D eigenvalue weighted by molar-refractivity contribution is -0.112. The lowest BCUT2D eigenvalue weighted by Gasteiger charge is -2.38. The SMILES string of the molecule is Cc1cccc(N2CCN(C(C=O)Cc3csc(-c4ccncc4)n3)CC2)c1. The topological polar surface area (TPSA) is 49.3 Å². The van der Waals surface area contributed by atoms with E-state index in [1.165, 1.54) is 11.3 Å². The molecule has 0 bridgehead atoms. The number of rotatable bonds is 6. The smallest absolute Gasteiger partial charge is 0.137 e. The molecule has 1 aliphatic rings. The van der Waals surface area contributed by atoms with Crippen molar-refractivity contribution in [1.29, 1.82) is 0 Å². The number of thiazole rings is 1. The average Bonchev–Trinajstić information content (AvgIpc) is 3.21. The van der Waals surface area contributed by atoms with Crippen LogP contribution in [0.25, 0.3) is 10.6 Å². The molecule has 144 valence electrons. The van der Waals surface area contributed by atoms with Gasteiger partial charge in [-0.1, -0.05) is 12.1 Å². The second-order valence-electron chi connectivity index (χ2n) is 7.15. The minimum absolute atomic E-state index is 0.118. The zero-order valence-electron chi connectivity index (χ0n) is 16.0. The Balaban J connectivity index is 1.38. The van der Waals surface area contributed by atoms with Gasteiger partial charge in [0.1, 0.15) is 11.3 Å². The molecule has 3 aromatic rings. The highest BCUT2D eigenvalue weighted by Crippen LogP contribution is 2.24. The number of aryl methyl sites for hydroxylation is 1. The minimum Gasteiger partial charge on any atom is -0.369 e. The molecular weight excluding hydrogens is 368 g/mol. The van der Waals surface area contributed by atoms with Crippen LogP contribution in [0.5, 0.6) is 0 Å². The number of piperazine rings is 1. The molecule has 4 rings (SSSR count). The van der Waals surface area contributed by atoms with Crippen LogP contribution < -0.4 is 4.90 Å². The summed E-state index contributed by atoms with van der Waals surface area (Å²) in [6.45, 7) is 5.77. The maximum Gasteiger partial charge on any atom is 0.137 e. The van der Waals surface area contributed by atoms with Crippen molar-refractivity contribution >= 4 is 23.3 Å². The van der Waals surface area contributed by atoms with Crippen LogP contribution in [0.4, 0.5) is 5.69 Å². The number of aromatic nitrogens is 2. The van der Waals surface area contributed by atoms with E-state index in [0.717, 1.165) is 48.7 Å². The van der Waals surface area contributed by atoms with E-state index in [1.807, 2.05) is 12.1 Å². The molecule has 0 N–H and O–H groups in total. The number of benzene rings is 1. The maximum absolute atomic E-state index is 11.8. The van der Waals surface area contributed by atoms with Crippen LogP contribution in [0.1, 0.15) is 11.3 Å². The van der Waals surface area contributed by atoms with Crippen molar-refractivity contribution in [3.05, 3.63) is 65.4 Å². The van der Waals surface area contributed by atoms with Crippen molar-refractivity contribution in [2.45, 2.75) is 19.4 Å². The highest BCUT2D eigenvalue weighted by atomic mass is 32.1. The van der Waals surface area contributed by atoms with Gasteiger partial charge in [-0.2, -0.15) is 0 Å². The molecule has 28 heavy (non-hydrogen) atoms. The third kappa shape index (κ3) is 4.29. The van der Waals surface area contributed by atoms with Gasteiger partial charge in [-0.15, -0.1) is 11.3 Å². The van der Waals surface area contributed by atoms with E-state index in [2.05, 4.69) is 51.4 Å². The summed E-state index contributed by atoms with van der Waals surface area (Å²) in [5, 5.41) is 3.04. The number of carbonyl (C=O) groups excluding carboxylic acids is 1. The lowest BCUT2D eigenvalue weighted by atomic mass is 10.1. The normalized spacial score (nSPS) is 16.1. The third-order valence-electron chi connectivity index (χ3n) is 5.20. The number of aldehydes is 1. The van der Waals surface area contributed by atoms with Gasteiger partial charge in [0.15, 0.2) is 0 Å². The summed E-state index contributed by atoms with van der Waals surface area (Å²) in [5.41, 5.74) is 4.60. The quantitative estimate of drug-likeness (QED) is 0.602. The van der Waals surface area contributed by atoms with E-state index in [4.69, 9.17) is 4.98 Å². The Morgan fingerprint density at radius 1 is 1.14 bits per heavy atom. The van der Waals surface area contributed by atoms with Gasteiger partial charge in [-0.25, -0.2) is 4.98 Å². The summed E-state index contributed by atoms with van der Waals surface area (Å²) >= 11 is 1.62. The van der Waals surface area contributed by atoms with E-state index in [1.54, 1.807) is 23.7 Å². The average molecular weight is 393 g/mol. The number of hydrogen-bond donors (Lipinski definition) is 0. The zero-order valence-corrected chi connectivity index (χ0v) is 16.8. The van der Waals surface area contributed by atoms with E-state index >= 15 is 0 Å². The molecule has 0 saturated carbocycles. The van der Waals surface area contributed by atoms with Crippen LogP contribution in [0, 0.1) is 6.92 Å². The zero-order chi connectivity index (χ0) is 19.3. The van der Waals surface area contributed by atoms with Crippen LogP contribution in [0.15, 0.2) is 54.2 Å². The second-order valence-corrected chi connectivity index (χ2v) is 8.01. The van der Waals surface area contributed by atoms with Crippen molar-refractivity contribution in [3.63, 3.8) is 0 Å². The highest BCUT2D eigenvalue weighted by Gasteiger charge is 2.24. The summed E-state index contributed by atoms with van der Waals surface area (Å²) in [4.78, 5) is 25.3. The number of anilines is 1.